The van der Waals surface area contributed by atoms with Crippen molar-refractivity contribution >= 4 is 23.2 Å². The molecule has 0 fully saturated rings. The molecule has 2 aromatic rings. The molecule has 2 aromatic carbocycles. The number of methoxy groups -OCH3 is 1. The monoisotopic (exact) mass is 355 g/mol. The Bertz CT molecular complexity index is 650. The smallest absolute Gasteiger partial charge is 0.161 e. The van der Waals surface area contributed by atoms with E-state index in [1.807, 2.05) is 18.2 Å². The van der Waals surface area contributed by atoms with E-state index >= 15 is 0 Å². The maximum atomic E-state index is 6.04. The maximum Gasteiger partial charge on any atom is 0.161 e. The number of benzene rings is 2. The minimum Gasteiger partial charge on any atom is -0.493 e. The van der Waals surface area contributed by atoms with Crippen molar-refractivity contribution in [3.8, 4) is 17.2 Å². The number of nitrogens with two attached hydrogens (primary N) is 1. The van der Waals surface area contributed by atoms with Gasteiger partial charge in [0.25, 0.3) is 0 Å². The van der Waals surface area contributed by atoms with Gasteiger partial charge in [-0.15, -0.1) is 0 Å². The van der Waals surface area contributed by atoms with Crippen LogP contribution in [0.2, 0.25) is 10.0 Å². The molecular formula is C17H19Cl2NO3. The lowest BCUT2D eigenvalue weighted by Gasteiger charge is -2.13. The summed E-state index contributed by atoms with van der Waals surface area (Å²) in [6, 6.07) is 10.8. The summed E-state index contributed by atoms with van der Waals surface area (Å²) in [5.74, 6) is 1.87. The van der Waals surface area contributed by atoms with Crippen LogP contribution in [0, 0.1) is 0 Å². The van der Waals surface area contributed by atoms with Crippen molar-refractivity contribution in [1.82, 2.24) is 0 Å². The second kappa shape index (κ2) is 8.87. The molecule has 2 N–H and O–H groups in total. The number of rotatable bonds is 8. The van der Waals surface area contributed by atoms with Gasteiger partial charge >= 0.3 is 0 Å². The average Bonchev–Trinajstić information content (AvgIpc) is 2.55. The Morgan fingerprint density at radius 3 is 2.35 bits per heavy atom. The fourth-order valence-electron chi connectivity index (χ4n) is 2.05. The number of halogens is 2. The maximum absolute atomic E-state index is 6.04. The molecule has 0 aliphatic heterocycles. The van der Waals surface area contributed by atoms with Crippen molar-refractivity contribution in [3.63, 3.8) is 0 Å². The van der Waals surface area contributed by atoms with Crippen molar-refractivity contribution in [2.75, 3.05) is 26.9 Å². The third-order valence-electron chi connectivity index (χ3n) is 3.15. The van der Waals surface area contributed by atoms with Crippen molar-refractivity contribution < 1.29 is 14.2 Å². The van der Waals surface area contributed by atoms with Crippen molar-refractivity contribution in [1.29, 1.82) is 0 Å². The second-order valence-electron chi connectivity index (χ2n) is 4.80. The lowest BCUT2D eigenvalue weighted by atomic mass is 10.1. The fourth-order valence-corrected chi connectivity index (χ4v) is 2.38. The van der Waals surface area contributed by atoms with E-state index < -0.39 is 0 Å². The number of hydrogen-bond acceptors (Lipinski definition) is 4. The zero-order chi connectivity index (χ0) is 16.7. The molecule has 0 amide bonds. The number of ether oxygens (including phenoxy) is 3. The summed E-state index contributed by atoms with van der Waals surface area (Å²) >= 11 is 12.0. The van der Waals surface area contributed by atoms with Crippen LogP contribution in [-0.4, -0.2) is 26.9 Å². The largest absolute Gasteiger partial charge is 0.493 e. The van der Waals surface area contributed by atoms with Gasteiger partial charge in [0.15, 0.2) is 11.5 Å². The van der Waals surface area contributed by atoms with Gasteiger partial charge in [0.05, 0.1) is 12.1 Å². The molecule has 0 saturated carbocycles. The van der Waals surface area contributed by atoms with Crippen LogP contribution in [0.5, 0.6) is 17.2 Å². The molecule has 124 valence electrons. The Hall–Kier alpha value is -1.62. The molecule has 23 heavy (non-hydrogen) atoms. The van der Waals surface area contributed by atoms with Gasteiger partial charge in [0, 0.05) is 11.1 Å². The number of hydrogen-bond donors (Lipinski definition) is 1. The summed E-state index contributed by atoms with van der Waals surface area (Å²) < 4.78 is 16.6. The van der Waals surface area contributed by atoms with Gasteiger partial charge in [-0.1, -0.05) is 29.3 Å². The Balaban J connectivity index is 1.92. The third-order valence-corrected chi connectivity index (χ3v) is 3.70. The van der Waals surface area contributed by atoms with E-state index in [0.717, 1.165) is 12.0 Å². The summed E-state index contributed by atoms with van der Waals surface area (Å²) in [6.45, 7) is 1.28. The molecule has 0 atom stereocenters. The van der Waals surface area contributed by atoms with E-state index in [-0.39, 0.29) is 0 Å². The molecule has 0 saturated heterocycles. The summed E-state index contributed by atoms with van der Waals surface area (Å²) in [4.78, 5) is 0. The quantitative estimate of drug-likeness (QED) is 0.728. The first-order chi connectivity index (χ1) is 11.1. The van der Waals surface area contributed by atoms with E-state index in [9.17, 15) is 0 Å². The van der Waals surface area contributed by atoms with Crippen LogP contribution >= 0.6 is 23.2 Å². The zero-order valence-electron chi connectivity index (χ0n) is 12.9. The van der Waals surface area contributed by atoms with Crippen LogP contribution < -0.4 is 19.9 Å². The molecule has 0 aliphatic carbocycles. The minimum atomic E-state index is 0.338. The van der Waals surface area contributed by atoms with Crippen molar-refractivity contribution in [2.24, 2.45) is 5.73 Å². The molecule has 0 heterocycles. The predicted octanol–water partition coefficient (Wildman–Crippen LogP) is 3.96. The minimum absolute atomic E-state index is 0.338. The van der Waals surface area contributed by atoms with E-state index in [1.165, 1.54) is 0 Å². The van der Waals surface area contributed by atoms with E-state index in [0.29, 0.717) is 47.1 Å². The van der Waals surface area contributed by atoms with Gasteiger partial charge in [-0.25, -0.2) is 0 Å². The van der Waals surface area contributed by atoms with Crippen LogP contribution in [-0.2, 0) is 6.42 Å². The second-order valence-corrected chi connectivity index (χ2v) is 5.64. The average molecular weight is 356 g/mol. The highest BCUT2D eigenvalue weighted by atomic mass is 35.5. The SMILES string of the molecule is COc1ccc(CCN)cc1OCCOc1cc(Cl)ccc1Cl. The molecule has 0 radical (unpaired) electrons. The Labute approximate surface area is 146 Å². The van der Waals surface area contributed by atoms with Gasteiger partial charge in [-0.3, -0.25) is 0 Å². The van der Waals surface area contributed by atoms with Gasteiger partial charge in [0.2, 0.25) is 0 Å². The van der Waals surface area contributed by atoms with Crippen LogP contribution in [0.3, 0.4) is 0 Å². The predicted molar refractivity (Wildman–Crippen MR) is 93.2 cm³/mol. The van der Waals surface area contributed by atoms with Gasteiger partial charge < -0.3 is 19.9 Å². The highest BCUT2D eigenvalue weighted by Crippen LogP contribution is 2.29. The van der Waals surface area contributed by atoms with Gasteiger partial charge in [-0.2, -0.15) is 0 Å². The Kier molecular flexibility index (Phi) is 6.84. The first kappa shape index (κ1) is 17.7. The Morgan fingerprint density at radius 1 is 0.913 bits per heavy atom. The van der Waals surface area contributed by atoms with Crippen molar-refractivity contribution in [3.05, 3.63) is 52.0 Å². The van der Waals surface area contributed by atoms with Gasteiger partial charge in [0.1, 0.15) is 19.0 Å². The molecule has 0 unspecified atom stereocenters. The van der Waals surface area contributed by atoms with E-state index in [2.05, 4.69) is 0 Å². The lowest BCUT2D eigenvalue weighted by molar-refractivity contribution is 0.211. The van der Waals surface area contributed by atoms with Crippen LogP contribution in [0.25, 0.3) is 0 Å². The standard InChI is InChI=1S/C17H19Cl2NO3/c1-21-15-5-2-12(6-7-20)10-17(15)23-9-8-22-16-11-13(18)3-4-14(16)19/h2-5,10-11H,6-9,20H2,1H3. The summed E-state index contributed by atoms with van der Waals surface area (Å²) in [6.07, 6.45) is 0.787. The first-order valence-electron chi connectivity index (χ1n) is 7.21. The molecule has 6 heteroatoms. The normalized spacial score (nSPS) is 10.4. The zero-order valence-corrected chi connectivity index (χ0v) is 14.4. The van der Waals surface area contributed by atoms with Gasteiger partial charge in [-0.05, 0) is 42.8 Å². The van der Waals surface area contributed by atoms with Crippen LogP contribution in [0.15, 0.2) is 36.4 Å². The fraction of sp³-hybridized carbons (Fsp3) is 0.294. The Morgan fingerprint density at radius 2 is 1.65 bits per heavy atom. The molecule has 0 spiro atoms. The molecule has 0 bridgehead atoms. The third kappa shape index (κ3) is 5.20. The summed E-state index contributed by atoms with van der Waals surface area (Å²) in [7, 11) is 1.60. The highest BCUT2D eigenvalue weighted by Gasteiger charge is 2.07. The molecule has 4 nitrogen and oxygen atoms in total. The molecular weight excluding hydrogens is 337 g/mol. The van der Waals surface area contributed by atoms with Crippen LogP contribution in [0.4, 0.5) is 0 Å². The van der Waals surface area contributed by atoms with E-state index in [4.69, 9.17) is 43.1 Å². The summed E-state index contributed by atoms with van der Waals surface area (Å²) in [5.41, 5.74) is 6.68. The highest BCUT2D eigenvalue weighted by molar-refractivity contribution is 6.34. The molecule has 2 rings (SSSR count). The topological polar surface area (TPSA) is 53.7 Å². The lowest BCUT2D eigenvalue weighted by Crippen LogP contribution is -2.10. The first-order valence-corrected chi connectivity index (χ1v) is 7.97. The van der Waals surface area contributed by atoms with Crippen LogP contribution in [0.1, 0.15) is 5.56 Å². The summed E-state index contributed by atoms with van der Waals surface area (Å²) in [5, 5.41) is 1.08. The molecule has 0 aromatic heterocycles. The van der Waals surface area contributed by atoms with Crippen molar-refractivity contribution in [2.45, 2.75) is 6.42 Å². The van der Waals surface area contributed by atoms with E-state index in [1.54, 1.807) is 25.3 Å². The molecule has 0 aliphatic rings.